The van der Waals surface area contributed by atoms with Crippen LogP contribution in [0.3, 0.4) is 0 Å². The molecule has 0 unspecified atom stereocenters. The van der Waals surface area contributed by atoms with Gasteiger partial charge in [0.25, 0.3) is 0 Å². The second-order valence-electron chi connectivity index (χ2n) is 4.86. The van der Waals surface area contributed by atoms with Crippen molar-refractivity contribution in [3.63, 3.8) is 0 Å². The number of aryl methyl sites for hydroxylation is 1. The highest BCUT2D eigenvalue weighted by atomic mass is 16.5. The lowest BCUT2D eigenvalue weighted by Gasteiger charge is -2.21. The third kappa shape index (κ3) is 3.93. The molecule has 2 rings (SSSR count). The molecular weight excluding hydrogens is 228 g/mol. The summed E-state index contributed by atoms with van der Waals surface area (Å²) >= 11 is 0. The minimum Gasteiger partial charge on any atom is -0.381 e. The molecule has 3 heteroatoms. The van der Waals surface area contributed by atoms with Crippen molar-refractivity contribution in [3.05, 3.63) is 35.4 Å². The van der Waals surface area contributed by atoms with Crippen LogP contribution in [0, 0.1) is 12.8 Å². The molecule has 18 heavy (non-hydrogen) atoms. The Morgan fingerprint density at radius 3 is 2.89 bits per heavy atom. The molecular formula is C15H20O3. The van der Waals surface area contributed by atoms with Gasteiger partial charge in [-0.2, -0.15) is 0 Å². The summed E-state index contributed by atoms with van der Waals surface area (Å²) in [5.41, 5.74) is 1.84. The van der Waals surface area contributed by atoms with Crippen LogP contribution in [0.2, 0.25) is 0 Å². The Labute approximate surface area is 108 Å². The SMILES string of the molecule is Cc1cccc(C(=O)COCC2CCOCC2)c1. The Kier molecular flexibility index (Phi) is 4.90. The fraction of sp³-hybridized carbons (Fsp3) is 0.533. The molecule has 0 atom stereocenters. The Bertz CT molecular complexity index is 394. The van der Waals surface area contributed by atoms with E-state index in [-0.39, 0.29) is 12.4 Å². The summed E-state index contributed by atoms with van der Waals surface area (Å²) in [7, 11) is 0. The predicted molar refractivity (Wildman–Crippen MR) is 69.9 cm³/mol. The summed E-state index contributed by atoms with van der Waals surface area (Å²) in [4.78, 5) is 11.9. The second kappa shape index (κ2) is 6.66. The summed E-state index contributed by atoms with van der Waals surface area (Å²) in [6.45, 7) is 4.47. The van der Waals surface area contributed by atoms with E-state index in [9.17, 15) is 4.79 Å². The molecule has 3 nitrogen and oxygen atoms in total. The van der Waals surface area contributed by atoms with E-state index >= 15 is 0 Å². The second-order valence-corrected chi connectivity index (χ2v) is 4.86. The molecule has 1 aliphatic rings. The van der Waals surface area contributed by atoms with Gasteiger partial charge in [-0.1, -0.05) is 23.8 Å². The molecule has 0 amide bonds. The topological polar surface area (TPSA) is 35.5 Å². The standard InChI is InChI=1S/C15H20O3/c1-12-3-2-4-14(9-12)15(16)11-18-10-13-5-7-17-8-6-13/h2-4,9,13H,5-8,10-11H2,1H3. The maximum absolute atomic E-state index is 11.9. The molecule has 0 spiro atoms. The van der Waals surface area contributed by atoms with Gasteiger partial charge in [0, 0.05) is 18.8 Å². The fourth-order valence-corrected chi connectivity index (χ4v) is 2.13. The number of Topliss-reactive ketones (excluding diaryl/α,β-unsaturated/α-hetero) is 1. The highest BCUT2D eigenvalue weighted by molar-refractivity contribution is 5.97. The van der Waals surface area contributed by atoms with Crippen LogP contribution < -0.4 is 0 Å². The van der Waals surface area contributed by atoms with Crippen molar-refractivity contribution in [2.75, 3.05) is 26.4 Å². The van der Waals surface area contributed by atoms with Gasteiger partial charge in [-0.3, -0.25) is 4.79 Å². The first-order chi connectivity index (χ1) is 8.75. The van der Waals surface area contributed by atoms with Gasteiger partial charge in [0.05, 0.1) is 6.61 Å². The lowest BCUT2D eigenvalue weighted by atomic mass is 10.0. The van der Waals surface area contributed by atoms with Crippen LogP contribution in [0.1, 0.15) is 28.8 Å². The van der Waals surface area contributed by atoms with Crippen molar-refractivity contribution in [2.45, 2.75) is 19.8 Å². The van der Waals surface area contributed by atoms with Gasteiger partial charge >= 0.3 is 0 Å². The molecule has 1 fully saturated rings. The van der Waals surface area contributed by atoms with Gasteiger partial charge in [0.1, 0.15) is 6.61 Å². The molecule has 1 heterocycles. The largest absolute Gasteiger partial charge is 0.381 e. The van der Waals surface area contributed by atoms with Crippen molar-refractivity contribution < 1.29 is 14.3 Å². The lowest BCUT2D eigenvalue weighted by molar-refractivity contribution is 0.0216. The maximum Gasteiger partial charge on any atom is 0.188 e. The molecule has 0 radical (unpaired) electrons. The number of hydrogen-bond acceptors (Lipinski definition) is 3. The van der Waals surface area contributed by atoms with Gasteiger partial charge in [-0.15, -0.1) is 0 Å². The molecule has 1 saturated heterocycles. The Morgan fingerprint density at radius 1 is 1.39 bits per heavy atom. The first-order valence-corrected chi connectivity index (χ1v) is 6.51. The molecule has 0 N–H and O–H groups in total. The van der Waals surface area contributed by atoms with Crippen LogP contribution in [0.4, 0.5) is 0 Å². The van der Waals surface area contributed by atoms with Crippen molar-refractivity contribution in [1.82, 2.24) is 0 Å². The highest BCUT2D eigenvalue weighted by Gasteiger charge is 2.14. The van der Waals surface area contributed by atoms with Crippen LogP contribution in [0.25, 0.3) is 0 Å². The zero-order chi connectivity index (χ0) is 12.8. The van der Waals surface area contributed by atoms with Crippen LogP contribution in [0.5, 0.6) is 0 Å². The highest BCUT2D eigenvalue weighted by Crippen LogP contribution is 2.15. The Hall–Kier alpha value is -1.19. The molecule has 0 bridgehead atoms. The molecule has 98 valence electrons. The lowest BCUT2D eigenvalue weighted by Crippen LogP contribution is -2.21. The van der Waals surface area contributed by atoms with Crippen LogP contribution in [0.15, 0.2) is 24.3 Å². The molecule has 0 aromatic heterocycles. The number of benzene rings is 1. The van der Waals surface area contributed by atoms with E-state index in [1.54, 1.807) is 0 Å². The number of ketones is 1. The van der Waals surface area contributed by atoms with Crippen LogP contribution >= 0.6 is 0 Å². The first kappa shape index (κ1) is 13.2. The summed E-state index contributed by atoms with van der Waals surface area (Å²) in [5, 5.41) is 0. The zero-order valence-corrected chi connectivity index (χ0v) is 10.9. The van der Waals surface area contributed by atoms with Crippen LogP contribution in [-0.2, 0) is 9.47 Å². The third-order valence-electron chi connectivity index (χ3n) is 3.27. The van der Waals surface area contributed by atoms with E-state index in [0.717, 1.165) is 37.2 Å². The molecule has 1 aliphatic heterocycles. The van der Waals surface area contributed by atoms with Crippen LogP contribution in [-0.4, -0.2) is 32.2 Å². The molecule has 0 saturated carbocycles. The number of carbonyl (C=O) groups is 1. The number of hydrogen-bond donors (Lipinski definition) is 0. The van der Waals surface area contributed by atoms with E-state index in [1.807, 2.05) is 31.2 Å². The van der Waals surface area contributed by atoms with Crippen molar-refractivity contribution in [1.29, 1.82) is 0 Å². The Balaban J connectivity index is 1.74. The smallest absolute Gasteiger partial charge is 0.188 e. The van der Waals surface area contributed by atoms with Crippen molar-refractivity contribution in [3.8, 4) is 0 Å². The Morgan fingerprint density at radius 2 is 2.17 bits per heavy atom. The summed E-state index contributed by atoms with van der Waals surface area (Å²) < 4.78 is 10.8. The average molecular weight is 248 g/mol. The first-order valence-electron chi connectivity index (χ1n) is 6.51. The third-order valence-corrected chi connectivity index (χ3v) is 3.27. The zero-order valence-electron chi connectivity index (χ0n) is 10.9. The van der Waals surface area contributed by atoms with Gasteiger partial charge < -0.3 is 9.47 Å². The summed E-state index contributed by atoms with van der Waals surface area (Å²) in [6, 6.07) is 7.63. The number of carbonyl (C=O) groups excluding carboxylic acids is 1. The maximum atomic E-state index is 11.9. The number of ether oxygens (including phenoxy) is 2. The van der Waals surface area contributed by atoms with Gasteiger partial charge in [0.2, 0.25) is 0 Å². The molecule has 0 aliphatic carbocycles. The monoisotopic (exact) mass is 248 g/mol. The van der Waals surface area contributed by atoms with Gasteiger partial charge in [-0.05, 0) is 31.7 Å². The van der Waals surface area contributed by atoms with E-state index in [2.05, 4.69) is 0 Å². The van der Waals surface area contributed by atoms with Gasteiger partial charge in [0.15, 0.2) is 5.78 Å². The minimum atomic E-state index is 0.0609. The molecule has 1 aromatic rings. The van der Waals surface area contributed by atoms with E-state index < -0.39 is 0 Å². The van der Waals surface area contributed by atoms with Crippen molar-refractivity contribution >= 4 is 5.78 Å². The minimum absolute atomic E-state index is 0.0609. The fourth-order valence-electron chi connectivity index (χ4n) is 2.13. The van der Waals surface area contributed by atoms with E-state index in [1.165, 1.54) is 0 Å². The number of rotatable bonds is 5. The normalized spacial score (nSPS) is 16.7. The summed E-state index contributed by atoms with van der Waals surface area (Å²) in [6.07, 6.45) is 2.08. The summed E-state index contributed by atoms with van der Waals surface area (Å²) in [5.74, 6) is 0.606. The van der Waals surface area contributed by atoms with Gasteiger partial charge in [-0.25, -0.2) is 0 Å². The molecule has 1 aromatic carbocycles. The van der Waals surface area contributed by atoms with E-state index in [0.29, 0.717) is 12.5 Å². The van der Waals surface area contributed by atoms with Crippen molar-refractivity contribution in [2.24, 2.45) is 5.92 Å². The average Bonchev–Trinajstić information content (AvgIpc) is 2.40. The quantitative estimate of drug-likeness (QED) is 0.751. The predicted octanol–water partition coefficient (Wildman–Crippen LogP) is 2.62. The van der Waals surface area contributed by atoms with E-state index in [4.69, 9.17) is 9.47 Å².